The first kappa shape index (κ1) is 22.9. The van der Waals surface area contributed by atoms with Crippen LogP contribution in [0.25, 0.3) is 33.6 Å². The normalized spacial score (nSPS) is 20.1. The van der Waals surface area contributed by atoms with E-state index in [1.165, 1.54) is 49.5 Å². The molecule has 2 bridgehead atoms. The second kappa shape index (κ2) is 8.23. The van der Waals surface area contributed by atoms with Gasteiger partial charge in [-0.2, -0.15) is 0 Å². The average molecular weight is 507 g/mol. The summed E-state index contributed by atoms with van der Waals surface area (Å²) < 4.78 is 34.0. The van der Waals surface area contributed by atoms with E-state index in [9.17, 15) is 18.4 Å². The van der Waals surface area contributed by atoms with Crippen LogP contribution in [0, 0.1) is 23.0 Å². The van der Waals surface area contributed by atoms with Crippen molar-refractivity contribution in [1.29, 1.82) is 0 Å². The molecule has 0 unspecified atom stereocenters. The van der Waals surface area contributed by atoms with Crippen LogP contribution >= 0.6 is 11.6 Å². The van der Waals surface area contributed by atoms with E-state index >= 15 is 0 Å². The van der Waals surface area contributed by atoms with Crippen LogP contribution in [0.5, 0.6) is 0 Å². The van der Waals surface area contributed by atoms with Gasteiger partial charge < -0.3 is 9.73 Å². The SMILES string of the molecule is CNC(=O)c1c(-c2ccc(F)cc2)oc2nc(Cl)c(-c3ccc(F)c(C(=O)CC45CC(C4)C5)c3)cc12. The summed E-state index contributed by atoms with van der Waals surface area (Å²) >= 11 is 6.50. The number of benzene rings is 2. The molecule has 2 heterocycles. The van der Waals surface area contributed by atoms with Gasteiger partial charge in [0.1, 0.15) is 22.5 Å². The number of carbonyl (C=O) groups excluding carboxylic acids is 2. The minimum Gasteiger partial charge on any atom is -0.437 e. The summed E-state index contributed by atoms with van der Waals surface area (Å²) in [5.41, 5.74) is 1.85. The zero-order valence-corrected chi connectivity index (χ0v) is 20.1. The number of nitrogens with one attached hydrogen (secondary N) is 1. The molecule has 5 nitrogen and oxygen atoms in total. The molecule has 0 spiro atoms. The molecule has 4 aromatic rings. The monoisotopic (exact) mass is 506 g/mol. The average Bonchev–Trinajstić information content (AvgIpc) is 3.18. The lowest BCUT2D eigenvalue weighted by Gasteiger charge is -2.62. The van der Waals surface area contributed by atoms with Crippen molar-refractivity contribution in [2.45, 2.75) is 25.7 Å². The lowest BCUT2D eigenvalue weighted by atomic mass is 9.43. The molecule has 3 saturated carbocycles. The number of carbonyl (C=O) groups is 2. The molecule has 7 rings (SSSR count). The molecule has 8 heteroatoms. The summed E-state index contributed by atoms with van der Waals surface area (Å²) in [6.07, 6.45) is 3.49. The van der Waals surface area contributed by atoms with Gasteiger partial charge in [-0.3, -0.25) is 9.59 Å². The van der Waals surface area contributed by atoms with Crippen LogP contribution in [0.4, 0.5) is 8.78 Å². The highest BCUT2D eigenvalue weighted by Crippen LogP contribution is 2.66. The molecule has 0 aliphatic heterocycles. The maximum atomic E-state index is 14.7. The Morgan fingerprint density at radius 3 is 2.42 bits per heavy atom. The van der Waals surface area contributed by atoms with E-state index in [4.69, 9.17) is 16.0 Å². The predicted molar refractivity (Wildman–Crippen MR) is 132 cm³/mol. The van der Waals surface area contributed by atoms with Gasteiger partial charge in [0.2, 0.25) is 5.71 Å². The third kappa shape index (κ3) is 3.61. The van der Waals surface area contributed by atoms with Crippen molar-refractivity contribution >= 4 is 34.4 Å². The van der Waals surface area contributed by atoms with Gasteiger partial charge in [0, 0.05) is 24.6 Å². The summed E-state index contributed by atoms with van der Waals surface area (Å²) in [5, 5.41) is 3.06. The molecule has 1 N–H and O–H groups in total. The number of nitrogens with zero attached hydrogens (tertiary/aromatic N) is 1. The van der Waals surface area contributed by atoms with Crippen molar-refractivity contribution < 1.29 is 22.8 Å². The van der Waals surface area contributed by atoms with Crippen LogP contribution in [0.1, 0.15) is 46.4 Å². The number of hydrogen-bond donors (Lipinski definition) is 1. The van der Waals surface area contributed by atoms with E-state index in [2.05, 4.69) is 10.3 Å². The van der Waals surface area contributed by atoms with Crippen molar-refractivity contribution in [3.63, 3.8) is 0 Å². The van der Waals surface area contributed by atoms with E-state index < -0.39 is 17.5 Å². The van der Waals surface area contributed by atoms with E-state index in [0.717, 1.165) is 25.2 Å². The van der Waals surface area contributed by atoms with Crippen molar-refractivity contribution in [3.05, 3.63) is 76.4 Å². The third-order valence-electron chi connectivity index (χ3n) is 7.48. The zero-order valence-electron chi connectivity index (χ0n) is 19.3. The highest BCUT2D eigenvalue weighted by Gasteiger charge is 2.57. The molecule has 0 saturated heterocycles. The molecule has 3 fully saturated rings. The molecule has 2 aromatic carbocycles. The minimum atomic E-state index is -0.575. The first-order valence-electron chi connectivity index (χ1n) is 11.7. The van der Waals surface area contributed by atoms with Gasteiger partial charge in [-0.25, -0.2) is 13.8 Å². The number of ketones is 1. The second-order valence-corrected chi connectivity index (χ2v) is 10.2. The summed E-state index contributed by atoms with van der Waals surface area (Å²) in [4.78, 5) is 30.1. The number of Topliss-reactive ketones (excluding diaryl/α,β-unsaturated/α-hetero) is 1. The zero-order chi connectivity index (χ0) is 25.2. The van der Waals surface area contributed by atoms with E-state index in [1.54, 1.807) is 6.07 Å². The highest BCUT2D eigenvalue weighted by atomic mass is 35.5. The van der Waals surface area contributed by atoms with Crippen LogP contribution < -0.4 is 5.32 Å². The van der Waals surface area contributed by atoms with Crippen LogP contribution in [0.3, 0.4) is 0 Å². The van der Waals surface area contributed by atoms with E-state index in [0.29, 0.717) is 28.5 Å². The Bertz CT molecular complexity index is 1540. The lowest BCUT2D eigenvalue weighted by Crippen LogP contribution is -2.52. The van der Waals surface area contributed by atoms with Crippen molar-refractivity contribution in [2.75, 3.05) is 7.05 Å². The fraction of sp³-hybridized carbons (Fsp3) is 0.250. The van der Waals surface area contributed by atoms with Crippen LogP contribution in [0.15, 0.2) is 52.9 Å². The number of halogens is 3. The topological polar surface area (TPSA) is 72.2 Å². The Balaban J connectivity index is 1.45. The van der Waals surface area contributed by atoms with Gasteiger partial charge >= 0.3 is 0 Å². The number of pyridine rings is 1. The molecule has 0 atom stereocenters. The fourth-order valence-corrected chi connectivity index (χ4v) is 5.82. The molecule has 1 amide bonds. The largest absolute Gasteiger partial charge is 0.437 e. The summed E-state index contributed by atoms with van der Waals surface area (Å²) in [6.45, 7) is 0. The number of amides is 1. The quantitative estimate of drug-likeness (QED) is 0.230. The highest BCUT2D eigenvalue weighted by molar-refractivity contribution is 6.33. The Morgan fingerprint density at radius 2 is 1.78 bits per heavy atom. The molecular formula is C28H21ClF2N2O3. The first-order valence-corrected chi connectivity index (χ1v) is 12.1. The van der Waals surface area contributed by atoms with Crippen LogP contribution in [0.2, 0.25) is 5.15 Å². The minimum absolute atomic E-state index is 0.0270. The molecular weight excluding hydrogens is 486 g/mol. The van der Waals surface area contributed by atoms with Gasteiger partial charge in [0.05, 0.1) is 16.5 Å². The van der Waals surface area contributed by atoms with Crippen molar-refractivity contribution in [2.24, 2.45) is 11.3 Å². The number of rotatable bonds is 6. The summed E-state index contributed by atoms with van der Waals surface area (Å²) in [5.74, 6) is -0.681. The Morgan fingerprint density at radius 1 is 1.08 bits per heavy atom. The number of fused-ring (bicyclic) bond motifs is 1. The summed E-state index contributed by atoms with van der Waals surface area (Å²) in [7, 11) is 1.49. The Hall–Kier alpha value is -3.58. The van der Waals surface area contributed by atoms with Gasteiger partial charge in [-0.1, -0.05) is 17.7 Å². The van der Waals surface area contributed by atoms with Crippen LogP contribution in [-0.2, 0) is 0 Å². The number of hydrogen-bond acceptors (Lipinski definition) is 4. The molecule has 0 radical (unpaired) electrons. The standard InChI is InChI=1S/C28H21ClF2N2O3/c1-32-26(35)23-20-9-18(25(29)33-27(20)36-24(23)15-2-5-17(30)6-3-15)16-4-7-21(31)19(8-16)22(34)13-28-10-14(11-28)12-28/h2-9,14H,10-13H2,1H3,(H,32,35). The summed E-state index contributed by atoms with van der Waals surface area (Å²) in [6, 6.07) is 11.5. The van der Waals surface area contributed by atoms with Gasteiger partial charge in [0.15, 0.2) is 5.78 Å². The van der Waals surface area contributed by atoms with Gasteiger partial charge in [-0.05, 0) is 78.6 Å². The smallest absolute Gasteiger partial charge is 0.255 e. The Kier molecular flexibility index (Phi) is 5.23. The maximum absolute atomic E-state index is 14.7. The van der Waals surface area contributed by atoms with Gasteiger partial charge in [-0.15, -0.1) is 0 Å². The first-order chi connectivity index (χ1) is 17.3. The molecule has 36 heavy (non-hydrogen) atoms. The molecule has 2 aromatic heterocycles. The van der Waals surface area contributed by atoms with Crippen LogP contribution in [-0.4, -0.2) is 23.7 Å². The third-order valence-corrected chi connectivity index (χ3v) is 7.76. The van der Waals surface area contributed by atoms with Crippen molar-refractivity contribution in [1.82, 2.24) is 10.3 Å². The Labute approximate surface area is 210 Å². The second-order valence-electron chi connectivity index (χ2n) is 9.84. The lowest BCUT2D eigenvalue weighted by molar-refractivity contribution is -0.103. The molecule has 3 aliphatic carbocycles. The molecule has 3 aliphatic rings. The van der Waals surface area contributed by atoms with E-state index in [1.807, 2.05) is 0 Å². The fourth-order valence-electron chi connectivity index (χ4n) is 5.58. The van der Waals surface area contributed by atoms with Gasteiger partial charge in [0.25, 0.3) is 5.91 Å². The number of furan rings is 1. The molecule has 182 valence electrons. The predicted octanol–water partition coefficient (Wildman–Crippen LogP) is 6.83. The maximum Gasteiger partial charge on any atom is 0.255 e. The van der Waals surface area contributed by atoms with E-state index in [-0.39, 0.29) is 39.0 Å². The number of aromatic nitrogens is 1. The van der Waals surface area contributed by atoms with Crippen molar-refractivity contribution in [3.8, 4) is 22.5 Å².